The molecule has 2 rings (SSSR count). The molecular weight excluding hydrogens is 374 g/mol. The molecule has 0 bridgehead atoms. The number of nitrogens with zero attached hydrogens (tertiary/aromatic N) is 2. The topological polar surface area (TPSA) is 81.6 Å². The number of nitrogens with one attached hydrogen (secondary N) is 1. The van der Waals surface area contributed by atoms with Gasteiger partial charge in [0, 0.05) is 44.9 Å². The molecule has 1 aromatic rings. The first-order chi connectivity index (χ1) is 14.1. The summed E-state index contributed by atoms with van der Waals surface area (Å²) in [6.45, 7) is 5.04. The van der Waals surface area contributed by atoms with Crippen LogP contribution >= 0.6 is 0 Å². The number of piperidine rings is 1. The molecule has 1 saturated heterocycles. The summed E-state index contributed by atoms with van der Waals surface area (Å²) in [5.74, 6) is 2.70. The molecular formula is C21H33N3O5. The van der Waals surface area contributed by atoms with Gasteiger partial charge in [0.1, 0.15) is 17.2 Å². The molecule has 0 aliphatic carbocycles. The first kappa shape index (κ1) is 22.6. The van der Waals surface area contributed by atoms with Gasteiger partial charge in [0.25, 0.3) is 0 Å². The van der Waals surface area contributed by atoms with Crippen LogP contribution in [0.25, 0.3) is 0 Å². The first-order valence-corrected chi connectivity index (χ1v) is 10.1. The van der Waals surface area contributed by atoms with Crippen LogP contribution < -0.4 is 19.5 Å². The van der Waals surface area contributed by atoms with Gasteiger partial charge in [-0.25, -0.2) is 0 Å². The molecule has 8 nitrogen and oxygen atoms in total. The summed E-state index contributed by atoms with van der Waals surface area (Å²) >= 11 is 0. The van der Waals surface area contributed by atoms with Crippen LogP contribution in [0.15, 0.2) is 23.2 Å². The number of hydrogen-bond donors (Lipinski definition) is 1. The van der Waals surface area contributed by atoms with Crippen LogP contribution in [0.1, 0.15) is 26.2 Å². The minimum atomic E-state index is -0.116. The fourth-order valence-electron chi connectivity index (χ4n) is 3.28. The minimum absolute atomic E-state index is 0.0892. The van der Waals surface area contributed by atoms with Gasteiger partial charge in [-0.3, -0.25) is 9.79 Å². The van der Waals surface area contributed by atoms with Crippen LogP contribution in [0.4, 0.5) is 0 Å². The number of ether oxygens (including phenoxy) is 4. The Morgan fingerprint density at radius 3 is 2.52 bits per heavy atom. The van der Waals surface area contributed by atoms with E-state index in [1.807, 2.05) is 19.1 Å². The van der Waals surface area contributed by atoms with Crippen molar-refractivity contribution in [3.05, 3.63) is 18.2 Å². The van der Waals surface area contributed by atoms with Crippen molar-refractivity contribution in [2.75, 3.05) is 54.1 Å². The van der Waals surface area contributed by atoms with Gasteiger partial charge in [0.2, 0.25) is 0 Å². The van der Waals surface area contributed by atoms with Gasteiger partial charge in [-0.15, -0.1) is 0 Å². The second-order valence-electron chi connectivity index (χ2n) is 6.76. The number of methoxy groups -OCH3 is 2. The molecule has 0 radical (unpaired) electrons. The van der Waals surface area contributed by atoms with Crippen molar-refractivity contribution in [2.24, 2.45) is 10.9 Å². The highest BCUT2D eigenvalue weighted by Gasteiger charge is 2.28. The molecule has 1 aromatic carbocycles. The van der Waals surface area contributed by atoms with Gasteiger partial charge in [0.15, 0.2) is 5.96 Å². The third-order valence-corrected chi connectivity index (χ3v) is 4.75. The Labute approximate surface area is 173 Å². The van der Waals surface area contributed by atoms with E-state index in [2.05, 4.69) is 15.2 Å². The third kappa shape index (κ3) is 7.03. The Balaban J connectivity index is 1.76. The van der Waals surface area contributed by atoms with E-state index < -0.39 is 0 Å². The lowest BCUT2D eigenvalue weighted by Gasteiger charge is -2.33. The molecule has 1 aliphatic rings. The van der Waals surface area contributed by atoms with Crippen molar-refractivity contribution in [1.82, 2.24) is 10.2 Å². The maximum atomic E-state index is 12.0. The van der Waals surface area contributed by atoms with Crippen molar-refractivity contribution in [1.29, 1.82) is 0 Å². The van der Waals surface area contributed by atoms with Crippen molar-refractivity contribution in [2.45, 2.75) is 26.2 Å². The second-order valence-corrected chi connectivity index (χ2v) is 6.76. The molecule has 0 aromatic heterocycles. The van der Waals surface area contributed by atoms with E-state index in [1.54, 1.807) is 27.3 Å². The van der Waals surface area contributed by atoms with Gasteiger partial charge in [-0.05, 0) is 26.2 Å². The molecule has 0 spiro atoms. The summed E-state index contributed by atoms with van der Waals surface area (Å²) in [4.78, 5) is 18.5. The van der Waals surface area contributed by atoms with E-state index in [-0.39, 0.29) is 11.9 Å². The third-order valence-electron chi connectivity index (χ3n) is 4.75. The second kappa shape index (κ2) is 12.0. The van der Waals surface area contributed by atoms with Crippen LogP contribution in [0, 0.1) is 5.92 Å². The predicted octanol–water partition coefficient (Wildman–Crippen LogP) is 2.32. The number of carbonyl (C=O) groups excluding carboxylic acids is 1. The van der Waals surface area contributed by atoms with Gasteiger partial charge < -0.3 is 29.2 Å². The largest absolute Gasteiger partial charge is 0.496 e. The molecule has 0 unspecified atom stereocenters. The Morgan fingerprint density at radius 2 is 1.90 bits per heavy atom. The maximum Gasteiger partial charge on any atom is 0.310 e. The molecule has 29 heavy (non-hydrogen) atoms. The van der Waals surface area contributed by atoms with Gasteiger partial charge in [-0.1, -0.05) is 0 Å². The summed E-state index contributed by atoms with van der Waals surface area (Å²) in [5, 5.41) is 3.36. The molecule has 1 heterocycles. The molecule has 1 fully saturated rings. The van der Waals surface area contributed by atoms with Crippen LogP contribution in [-0.2, 0) is 9.53 Å². The van der Waals surface area contributed by atoms with Crippen LogP contribution in [0.3, 0.4) is 0 Å². The average molecular weight is 408 g/mol. The number of guanidine groups is 1. The quantitative estimate of drug-likeness (QED) is 0.291. The van der Waals surface area contributed by atoms with Crippen molar-refractivity contribution < 1.29 is 23.7 Å². The zero-order valence-electron chi connectivity index (χ0n) is 17.9. The van der Waals surface area contributed by atoms with E-state index in [4.69, 9.17) is 18.9 Å². The fourth-order valence-corrected chi connectivity index (χ4v) is 3.28. The number of rotatable bonds is 9. The van der Waals surface area contributed by atoms with Gasteiger partial charge in [-0.2, -0.15) is 0 Å². The van der Waals surface area contributed by atoms with Crippen LogP contribution in [0.2, 0.25) is 0 Å². The van der Waals surface area contributed by atoms with Crippen molar-refractivity contribution in [3.63, 3.8) is 0 Å². The van der Waals surface area contributed by atoms with E-state index in [1.165, 1.54) is 0 Å². The standard InChI is InChI=1S/C21H33N3O5/c1-5-28-20(25)16-8-6-10-24(15-16)21(22-2)23-9-7-11-29-19-13-17(26-3)12-18(14-19)27-4/h12-14,16H,5-11,15H2,1-4H3,(H,22,23)/t16-/m1/s1. The Morgan fingerprint density at radius 1 is 1.21 bits per heavy atom. The highest BCUT2D eigenvalue weighted by Crippen LogP contribution is 2.27. The summed E-state index contributed by atoms with van der Waals surface area (Å²) in [5.41, 5.74) is 0. The number of hydrogen-bond acceptors (Lipinski definition) is 6. The van der Waals surface area contributed by atoms with Crippen molar-refractivity contribution >= 4 is 11.9 Å². The maximum absolute atomic E-state index is 12.0. The lowest BCUT2D eigenvalue weighted by molar-refractivity contribution is -0.149. The molecule has 1 N–H and O–H groups in total. The summed E-state index contributed by atoms with van der Waals surface area (Å²) < 4.78 is 21.5. The molecule has 1 aliphatic heterocycles. The van der Waals surface area contributed by atoms with Crippen LogP contribution in [0.5, 0.6) is 17.2 Å². The number of benzene rings is 1. The minimum Gasteiger partial charge on any atom is -0.496 e. The number of carbonyl (C=O) groups is 1. The number of aliphatic imine (C=N–C) groups is 1. The molecule has 8 heteroatoms. The Hall–Kier alpha value is -2.64. The monoisotopic (exact) mass is 407 g/mol. The van der Waals surface area contributed by atoms with E-state index >= 15 is 0 Å². The predicted molar refractivity (Wildman–Crippen MR) is 112 cm³/mol. The summed E-state index contributed by atoms with van der Waals surface area (Å²) in [6, 6.07) is 5.47. The smallest absolute Gasteiger partial charge is 0.310 e. The molecule has 0 saturated carbocycles. The van der Waals surface area contributed by atoms with Crippen molar-refractivity contribution in [3.8, 4) is 17.2 Å². The SMILES string of the molecule is CCOC(=O)[C@@H]1CCCN(C(=NC)NCCCOc2cc(OC)cc(OC)c2)C1. The van der Waals surface area contributed by atoms with E-state index in [0.29, 0.717) is 43.6 Å². The van der Waals surface area contributed by atoms with Gasteiger partial charge in [0.05, 0.1) is 33.4 Å². The summed E-state index contributed by atoms with van der Waals surface area (Å²) in [6.07, 6.45) is 2.61. The fraction of sp³-hybridized carbons (Fsp3) is 0.619. The molecule has 1 atom stereocenters. The zero-order valence-corrected chi connectivity index (χ0v) is 17.9. The number of likely N-dealkylation sites (tertiary alicyclic amines) is 1. The average Bonchev–Trinajstić information content (AvgIpc) is 2.76. The lowest BCUT2D eigenvalue weighted by atomic mass is 9.98. The lowest BCUT2D eigenvalue weighted by Crippen LogP contribution is -2.48. The highest BCUT2D eigenvalue weighted by molar-refractivity contribution is 5.81. The van der Waals surface area contributed by atoms with Crippen LogP contribution in [-0.4, -0.2) is 70.9 Å². The number of esters is 1. The summed E-state index contributed by atoms with van der Waals surface area (Å²) in [7, 11) is 4.98. The zero-order chi connectivity index (χ0) is 21.1. The normalized spacial score (nSPS) is 16.9. The highest BCUT2D eigenvalue weighted by atomic mass is 16.5. The van der Waals surface area contributed by atoms with E-state index in [9.17, 15) is 4.79 Å². The van der Waals surface area contributed by atoms with E-state index in [0.717, 1.165) is 31.8 Å². The first-order valence-electron chi connectivity index (χ1n) is 10.1. The van der Waals surface area contributed by atoms with Gasteiger partial charge >= 0.3 is 5.97 Å². The Bertz CT molecular complexity index is 658. The Kier molecular flexibility index (Phi) is 9.40. The molecule has 0 amide bonds. The molecule has 162 valence electrons.